The molecule has 2 heterocycles. The Morgan fingerprint density at radius 3 is 2.95 bits per heavy atom. The van der Waals surface area contributed by atoms with E-state index in [1.165, 1.54) is 12.8 Å². The number of H-pyrrole nitrogens is 1. The van der Waals surface area contributed by atoms with Gasteiger partial charge in [0.15, 0.2) is 0 Å². The minimum absolute atomic E-state index is 0.118. The lowest BCUT2D eigenvalue weighted by Crippen LogP contribution is -2.68. The van der Waals surface area contributed by atoms with E-state index in [-0.39, 0.29) is 23.1 Å². The highest BCUT2D eigenvalue weighted by molar-refractivity contribution is 5.92. The first-order valence-electron chi connectivity index (χ1n) is 8.11. The van der Waals surface area contributed by atoms with Gasteiger partial charge in [-0.3, -0.25) is 4.79 Å². The lowest BCUT2D eigenvalue weighted by atomic mass is 9.54. The van der Waals surface area contributed by atoms with E-state index in [1.807, 2.05) is 0 Å². The predicted octanol–water partition coefficient (Wildman–Crippen LogP) is 1.16. The van der Waals surface area contributed by atoms with Gasteiger partial charge in [-0.1, -0.05) is 12.8 Å². The van der Waals surface area contributed by atoms with Crippen molar-refractivity contribution >= 4 is 5.91 Å². The molecule has 2 N–H and O–H groups in total. The van der Waals surface area contributed by atoms with Gasteiger partial charge in [-0.15, -0.1) is 0 Å². The summed E-state index contributed by atoms with van der Waals surface area (Å²) in [6, 6.07) is 1.79. The number of carbonyl (C=O) groups excluding carboxylic acids is 1. The normalized spacial score (nSPS) is 31.8. The van der Waals surface area contributed by atoms with Crippen molar-refractivity contribution in [3.05, 3.63) is 27.9 Å². The number of rotatable bonds is 2. The molecule has 0 unspecified atom stereocenters. The lowest BCUT2D eigenvalue weighted by Gasteiger charge is -2.56. The van der Waals surface area contributed by atoms with E-state index in [0.717, 1.165) is 25.9 Å². The van der Waals surface area contributed by atoms with Gasteiger partial charge in [-0.05, 0) is 32.3 Å². The van der Waals surface area contributed by atoms with E-state index in [9.17, 15) is 9.59 Å². The maximum atomic E-state index is 12.5. The van der Waals surface area contributed by atoms with Gasteiger partial charge in [-0.2, -0.15) is 4.98 Å². The van der Waals surface area contributed by atoms with Crippen LogP contribution in [0, 0.1) is 18.3 Å². The van der Waals surface area contributed by atoms with E-state index in [2.05, 4.69) is 15.3 Å². The van der Waals surface area contributed by atoms with Crippen molar-refractivity contribution in [2.75, 3.05) is 6.61 Å². The topological polar surface area (TPSA) is 84.1 Å². The highest BCUT2D eigenvalue weighted by Gasteiger charge is 2.65. The number of fused-ring (bicyclic) bond motifs is 2. The minimum Gasteiger partial charge on any atom is -0.377 e. The maximum absolute atomic E-state index is 12.5. The van der Waals surface area contributed by atoms with Gasteiger partial charge in [0.25, 0.3) is 5.91 Å². The molecule has 1 spiro atoms. The van der Waals surface area contributed by atoms with Crippen molar-refractivity contribution in [3.8, 4) is 0 Å². The molecule has 2 aliphatic carbocycles. The molecule has 1 saturated heterocycles. The SMILES string of the molecule is Cc1cc(C(=O)N[C@@H]2[C@@H]3CCO[C@H]3C23CCCC3)nc(=O)[nH]1. The van der Waals surface area contributed by atoms with Gasteiger partial charge in [-0.25, -0.2) is 4.79 Å². The Balaban J connectivity index is 1.57. The summed E-state index contributed by atoms with van der Waals surface area (Å²) in [5.74, 6) is 0.181. The van der Waals surface area contributed by atoms with Crippen LogP contribution in [-0.4, -0.2) is 34.6 Å². The average Bonchev–Trinajstić information content (AvgIpc) is 3.11. The number of carbonyl (C=O) groups is 1. The van der Waals surface area contributed by atoms with E-state index in [0.29, 0.717) is 17.7 Å². The van der Waals surface area contributed by atoms with Gasteiger partial charge in [0.2, 0.25) is 0 Å². The van der Waals surface area contributed by atoms with Crippen molar-refractivity contribution in [3.63, 3.8) is 0 Å². The van der Waals surface area contributed by atoms with Crippen LogP contribution in [0.1, 0.15) is 48.3 Å². The minimum atomic E-state index is -0.476. The molecule has 1 aromatic rings. The van der Waals surface area contributed by atoms with Crippen LogP contribution in [0.25, 0.3) is 0 Å². The summed E-state index contributed by atoms with van der Waals surface area (Å²) in [6.45, 7) is 2.55. The summed E-state index contributed by atoms with van der Waals surface area (Å²) in [7, 11) is 0. The third-order valence-electron chi connectivity index (χ3n) is 5.68. The quantitative estimate of drug-likeness (QED) is 0.858. The van der Waals surface area contributed by atoms with Crippen molar-refractivity contribution in [2.45, 2.75) is 51.2 Å². The molecule has 3 atom stereocenters. The molecule has 0 bridgehead atoms. The van der Waals surface area contributed by atoms with Gasteiger partial charge >= 0.3 is 5.69 Å². The number of aromatic nitrogens is 2. The molecule has 0 radical (unpaired) electrons. The van der Waals surface area contributed by atoms with E-state index in [1.54, 1.807) is 13.0 Å². The third-order valence-corrected chi connectivity index (χ3v) is 5.68. The molecule has 4 rings (SSSR count). The number of aryl methyl sites for hydroxylation is 1. The number of hydrogen-bond acceptors (Lipinski definition) is 4. The second-order valence-corrected chi connectivity index (χ2v) is 6.89. The highest BCUT2D eigenvalue weighted by atomic mass is 16.5. The Labute approximate surface area is 128 Å². The molecule has 22 heavy (non-hydrogen) atoms. The van der Waals surface area contributed by atoms with Crippen LogP contribution < -0.4 is 11.0 Å². The first-order chi connectivity index (χ1) is 10.6. The molecule has 3 fully saturated rings. The zero-order chi connectivity index (χ0) is 15.3. The van der Waals surface area contributed by atoms with Gasteiger partial charge in [0, 0.05) is 29.7 Å². The summed E-state index contributed by atoms with van der Waals surface area (Å²) in [4.78, 5) is 30.3. The largest absolute Gasteiger partial charge is 0.377 e. The zero-order valence-corrected chi connectivity index (χ0v) is 12.7. The molecule has 0 aromatic carbocycles. The van der Waals surface area contributed by atoms with Crippen molar-refractivity contribution in [1.29, 1.82) is 0 Å². The Kier molecular flexibility index (Phi) is 3.11. The third kappa shape index (κ3) is 1.93. The number of nitrogens with zero attached hydrogens (tertiary/aromatic N) is 1. The van der Waals surface area contributed by atoms with Crippen molar-refractivity contribution in [1.82, 2.24) is 15.3 Å². The Bertz CT molecular complexity index is 663. The van der Waals surface area contributed by atoms with Gasteiger partial charge in [0.05, 0.1) is 6.10 Å². The zero-order valence-electron chi connectivity index (χ0n) is 12.7. The maximum Gasteiger partial charge on any atom is 0.345 e. The predicted molar refractivity (Wildman–Crippen MR) is 79.6 cm³/mol. The summed E-state index contributed by atoms with van der Waals surface area (Å²) in [6.07, 6.45) is 6.00. The fourth-order valence-corrected chi connectivity index (χ4v) is 4.82. The highest BCUT2D eigenvalue weighted by Crippen LogP contribution is 2.60. The van der Waals surface area contributed by atoms with E-state index >= 15 is 0 Å². The number of nitrogens with one attached hydrogen (secondary N) is 2. The van der Waals surface area contributed by atoms with E-state index in [4.69, 9.17) is 4.74 Å². The fourth-order valence-electron chi connectivity index (χ4n) is 4.82. The van der Waals surface area contributed by atoms with Crippen LogP contribution in [0.4, 0.5) is 0 Å². The Hall–Kier alpha value is -1.69. The summed E-state index contributed by atoms with van der Waals surface area (Å²) in [5, 5.41) is 3.16. The number of ether oxygens (including phenoxy) is 1. The number of amides is 1. The first-order valence-corrected chi connectivity index (χ1v) is 8.11. The number of hydrogen-bond donors (Lipinski definition) is 2. The fraction of sp³-hybridized carbons (Fsp3) is 0.688. The summed E-state index contributed by atoms with van der Waals surface area (Å²) >= 11 is 0. The molecular formula is C16H21N3O3. The smallest absolute Gasteiger partial charge is 0.345 e. The summed E-state index contributed by atoms with van der Waals surface area (Å²) < 4.78 is 5.92. The van der Waals surface area contributed by atoms with Crippen LogP contribution in [0.2, 0.25) is 0 Å². The summed E-state index contributed by atoms with van der Waals surface area (Å²) in [5.41, 5.74) is 0.497. The molecule has 1 amide bonds. The molecule has 6 nitrogen and oxygen atoms in total. The Morgan fingerprint density at radius 2 is 2.23 bits per heavy atom. The molecule has 2 saturated carbocycles. The monoisotopic (exact) mass is 303 g/mol. The van der Waals surface area contributed by atoms with Gasteiger partial charge in [0.1, 0.15) is 5.69 Å². The standard InChI is InChI=1S/C16H21N3O3/c1-9-8-11(18-15(21)17-9)14(20)19-12-10-4-7-22-13(10)16(12)5-2-3-6-16/h8,10,12-13H,2-7H2,1H3,(H,19,20)(H,17,18,21)/t10-,12+,13+/m0/s1. The second-order valence-electron chi connectivity index (χ2n) is 6.89. The van der Waals surface area contributed by atoms with Gasteiger partial charge < -0.3 is 15.0 Å². The number of aromatic amines is 1. The average molecular weight is 303 g/mol. The molecule has 3 aliphatic rings. The first kappa shape index (κ1) is 13.9. The molecular weight excluding hydrogens is 282 g/mol. The second kappa shape index (κ2) is 4.91. The van der Waals surface area contributed by atoms with Crippen LogP contribution in [-0.2, 0) is 4.74 Å². The Morgan fingerprint density at radius 1 is 1.45 bits per heavy atom. The molecule has 1 aliphatic heterocycles. The molecule has 118 valence electrons. The van der Waals surface area contributed by atoms with Crippen LogP contribution in [0.3, 0.4) is 0 Å². The van der Waals surface area contributed by atoms with E-state index < -0.39 is 5.69 Å². The lowest BCUT2D eigenvalue weighted by molar-refractivity contribution is -0.126. The van der Waals surface area contributed by atoms with Crippen molar-refractivity contribution < 1.29 is 9.53 Å². The molecule has 6 heteroatoms. The van der Waals surface area contributed by atoms with Crippen LogP contribution >= 0.6 is 0 Å². The molecule has 1 aromatic heterocycles. The van der Waals surface area contributed by atoms with Crippen LogP contribution in [0.5, 0.6) is 0 Å². The van der Waals surface area contributed by atoms with Crippen molar-refractivity contribution in [2.24, 2.45) is 11.3 Å². The van der Waals surface area contributed by atoms with Crippen LogP contribution in [0.15, 0.2) is 10.9 Å².